The summed E-state index contributed by atoms with van der Waals surface area (Å²) in [5.41, 5.74) is 2.68. The van der Waals surface area contributed by atoms with Crippen molar-refractivity contribution < 1.29 is 13.5 Å². The van der Waals surface area contributed by atoms with E-state index in [9.17, 15) is 13.5 Å². The number of hydrogen-bond acceptors (Lipinski definition) is 5. The molecule has 2 fully saturated rings. The van der Waals surface area contributed by atoms with Gasteiger partial charge in [-0.25, -0.2) is 8.42 Å². The van der Waals surface area contributed by atoms with Crippen molar-refractivity contribution >= 4 is 9.84 Å². The van der Waals surface area contributed by atoms with Gasteiger partial charge in [0.1, 0.15) is 0 Å². The minimum Gasteiger partial charge on any atom is -0.390 e. The molecule has 0 aliphatic carbocycles. The van der Waals surface area contributed by atoms with Gasteiger partial charge in [0, 0.05) is 32.7 Å². The van der Waals surface area contributed by atoms with Crippen LogP contribution in [0.1, 0.15) is 30.9 Å². The van der Waals surface area contributed by atoms with Gasteiger partial charge in [0.25, 0.3) is 0 Å². The third-order valence-electron chi connectivity index (χ3n) is 5.22. The molecule has 0 spiro atoms. The Balaban J connectivity index is 1.52. The first-order chi connectivity index (χ1) is 11.3. The highest BCUT2D eigenvalue weighted by Crippen LogP contribution is 2.21. The van der Waals surface area contributed by atoms with E-state index >= 15 is 0 Å². The molecule has 2 saturated heterocycles. The Morgan fingerprint density at radius 2 is 1.71 bits per heavy atom. The van der Waals surface area contributed by atoms with Crippen LogP contribution in [-0.2, 0) is 16.4 Å². The van der Waals surface area contributed by atoms with Gasteiger partial charge in [0.05, 0.1) is 23.7 Å². The van der Waals surface area contributed by atoms with E-state index in [2.05, 4.69) is 47.9 Å². The lowest BCUT2D eigenvalue weighted by molar-refractivity contribution is 0.0424. The van der Waals surface area contributed by atoms with Gasteiger partial charge in [0.15, 0.2) is 9.84 Å². The van der Waals surface area contributed by atoms with Crippen LogP contribution in [0.5, 0.6) is 0 Å². The van der Waals surface area contributed by atoms with Crippen molar-refractivity contribution in [3.63, 3.8) is 0 Å². The Hall–Kier alpha value is -0.950. The lowest BCUT2D eigenvalue weighted by Gasteiger charge is -2.38. The van der Waals surface area contributed by atoms with Gasteiger partial charge < -0.3 is 5.11 Å². The number of aliphatic hydroxyl groups is 1. The van der Waals surface area contributed by atoms with Gasteiger partial charge in [-0.05, 0) is 17.0 Å². The fourth-order valence-corrected chi connectivity index (χ4v) is 5.51. The van der Waals surface area contributed by atoms with Crippen molar-refractivity contribution in [2.45, 2.75) is 38.5 Å². The average molecular weight is 353 g/mol. The molecule has 1 aromatic carbocycles. The van der Waals surface area contributed by atoms with Crippen LogP contribution in [0, 0.1) is 0 Å². The van der Waals surface area contributed by atoms with Crippen LogP contribution in [0.2, 0.25) is 0 Å². The Morgan fingerprint density at radius 1 is 1.08 bits per heavy atom. The van der Waals surface area contributed by atoms with Crippen molar-refractivity contribution in [2.24, 2.45) is 0 Å². The summed E-state index contributed by atoms with van der Waals surface area (Å²) in [5.74, 6) is 0.571. The van der Waals surface area contributed by atoms with Gasteiger partial charge in [-0.3, -0.25) is 9.80 Å². The standard InChI is InChI=1S/C18H28N2O3S/c1-14(2)16-5-3-15(4-6-16)11-19-7-9-20(10-8-19)17-12-24(22,23)13-18(17)21/h3-6,14,17-18,21H,7-13H2,1-2H3/t17-,18-/m1/s1. The molecule has 2 aliphatic heterocycles. The van der Waals surface area contributed by atoms with E-state index < -0.39 is 15.9 Å². The minimum atomic E-state index is -3.07. The summed E-state index contributed by atoms with van der Waals surface area (Å²) >= 11 is 0. The zero-order valence-corrected chi connectivity index (χ0v) is 15.4. The zero-order chi connectivity index (χ0) is 17.3. The first-order valence-electron chi connectivity index (χ1n) is 8.78. The van der Waals surface area contributed by atoms with Crippen molar-refractivity contribution in [1.82, 2.24) is 9.80 Å². The molecule has 0 radical (unpaired) electrons. The van der Waals surface area contributed by atoms with Crippen LogP contribution < -0.4 is 0 Å². The molecule has 5 nitrogen and oxygen atoms in total. The maximum absolute atomic E-state index is 11.7. The molecule has 0 saturated carbocycles. The highest BCUT2D eigenvalue weighted by Gasteiger charge is 2.40. The number of hydrogen-bond donors (Lipinski definition) is 1. The summed E-state index contributed by atoms with van der Waals surface area (Å²) in [6.07, 6.45) is -0.731. The maximum Gasteiger partial charge on any atom is 0.154 e. The molecule has 2 heterocycles. The number of sulfone groups is 1. The van der Waals surface area contributed by atoms with Crippen LogP contribution in [0.25, 0.3) is 0 Å². The summed E-state index contributed by atoms with van der Waals surface area (Å²) < 4.78 is 23.4. The van der Waals surface area contributed by atoms with Gasteiger partial charge in [0.2, 0.25) is 0 Å². The summed E-state index contributed by atoms with van der Waals surface area (Å²) in [6, 6.07) is 8.60. The Bertz CT molecular complexity index is 649. The van der Waals surface area contributed by atoms with Gasteiger partial charge in [-0.2, -0.15) is 0 Å². The molecule has 0 aromatic heterocycles. The van der Waals surface area contributed by atoms with Crippen LogP contribution >= 0.6 is 0 Å². The fraction of sp³-hybridized carbons (Fsp3) is 0.667. The minimum absolute atomic E-state index is 0.0833. The molecule has 24 heavy (non-hydrogen) atoms. The summed E-state index contributed by atoms with van der Waals surface area (Å²) in [5, 5.41) is 10.0. The molecule has 2 atom stereocenters. The predicted octanol–water partition coefficient (Wildman–Crippen LogP) is 1.09. The SMILES string of the molecule is CC(C)c1ccc(CN2CCN([C@@H]3CS(=O)(=O)C[C@H]3O)CC2)cc1. The van der Waals surface area contributed by atoms with Gasteiger partial charge >= 0.3 is 0 Å². The second-order valence-corrected chi connectivity index (χ2v) is 9.57. The van der Waals surface area contributed by atoms with E-state index in [0.29, 0.717) is 5.92 Å². The molecular formula is C18H28N2O3S. The fourth-order valence-electron chi connectivity index (χ4n) is 3.68. The number of aliphatic hydroxyl groups excluding tert-OH is 1. The number of nitrogens with zero attached hydrogens (tertiary/aromatic N) is 2. The molecule has 1 N–H and O–H groups in total. The summed E-state index contributed by atoms with van der Waals surface area (Å²) in [6.45, 7) is 8.79. The second-order valence-electron chi connectivity index (χ2n) is 7.42. The predicted molar refractivity (Wildman–Crippen MR) is 95.8 cm³/mol. The molecule has 2 aliphatic rings. The molecule has 1 aromatic rings. The van der Waals surface area contributed by atoms with E-state index in [1.807, 2.05) is 0 Å². The topological polar surface area (TPSA) is 60.9 Å². The quantitative estimate of drug-likeness (QED) is 0.879. The van der Waals surface area contributed by atoms with Crippen molar-refractivity contribution in [2.75, 3.05) is 37.7 Å². The Labute approximate surface area is 145 Å². The van der Waals surface area contributed by atoms with E-state index in [1.165, 1.54) is 11.1 Å². The second kappa shape index (κ2) is 7.12. The van der Waals surface area contributed by atoms with Crippen LogP contribution in [0.3, 0.4) is 0 Å². The normalized spacial score (nSPS) is 28.5. The monoisotopic (exact) mass is 352 g/mol. The summed E-state index contributed by atoms with van der Waals surface area (Å²) in [7, 11) is -3.07. The van der Waals surface area contributed by atoms with Crippen molar-refractivity contribution in [1.29, 1.82) is 0 Å². The van der Waals surface area contributed by atoms with E-state index in [-0.39, 0.29) is 17.5 Å². The van der Waals surface area contributed by atoms with Crippen LogP contribution in [0.4, 0.5) is 0 Å². The third-order valence-corrected chi connectivity index (χ3v) is 6.92. The van der Waals surface area contributed by atoms with E-state index in [4.69, 9.17) is 0 Å². The van der Waals surface area contributed by atoms with Crippen LogP contribution in [-0.4, -0.2) is 73.2 Å². The Morgan fingerprint density at radius 3 is 2.21 bits per heavy atom. The first kappa shape index (κ1) is 17.9. The number of piperazine rings is 1. The lowest BCUT2D eigenvalue weighted by Crippen LogP contribution is -2.53. The first-order valence-corrected chi connectivity index (χ1v) is 10.6. The molecule has 3 rings (SSSR count). The highest BCUT2D eigenvalue weighted by molar-refractivity contribution is 7.91. The average Bonchev–Trinajstić information content (AvgIpc) is 2.81. The van der Waals surface area contributed by atoms with E-state index in [1.54, 1.807) is 0 Å². The van der Waals surface area contributed by atoms with Crippen LogP contribution in [0.15, 0.2) is 24.3 Å². The molecule has 6 heteroatoms. The molecule has 0 unspecified atom stereocenters. The third kappa shape index (κ3) is 4.17. The van der Waals surface area contributed by atoms with Gasteiger partial charge in [-0.15, -0.1) is 0 Å². The zero-order valence-electron chi connectivity index (χ0n) is 14.6. The van der Waals surface area contributed by atoms with E-state index in [0.717, 1.165) is 32.7 Å². The maximum atomic E-state index is 11.7. The lowest BCUT2D eigenvalue weighted by atomic mass is 10.0. The van der Waals surface area contributed by atoms with Crippen molar-refractivity contribution in [3.05, 3.63) is 35.4 Å². The van der Waals surface area contributed by atoms with Gasteiger partial charge in [-0.1, -0.05) is 38.1 Å². The molecular weight excluding hydrogens is 324 g/mol. The highest BCUT2D eigenvalue weighted by atomic mass is 32.2. The smallest absolute Gasteiger partial charge is 0.154 e. The summed E-state index contributed by atoms with van der Waals surface area (Å²) in [4.78, 5) is 4.55. The number of benzene rings is 1. The molecule has 134 valence electrons. The Kier molecular flexibility index (Phi) is 5.30. The molecule has 0 amide bonds. The largest absolute Gasteiger partial charge is 0.390 e. The molecule has 0 bridgehead atoms. The van der Waals surface area contributed by atoms with Crippen molar-refractivity contribution in [3.8, 4) is 0 Å². The number of rotatable bonds is 4.